The number of aromatic amines is 1. The summed E-state index contributed by atoms with van der Waals surface area (Å²) >= 11 is 0. The average molecular weight is 319 g/mol. The van der Waals surface area contributed by atoms with E-state index in [-0.39, 0.29) is 18.8 Å². The summed E-state index contributed by atoms with van der Waals surface area (Å²) in [6, 6.07) is 6.72. The van der Waals surface area contributed by atoms with E-state index in [1.165, 1.54) is 0 Å². The van der Waals surface area contributed by atoms with E-state index in [9.17, 15) is 14.4 Å². The second kappa shape index (κ2) is 7.41. The van der Waals surface area contributed by atoms with Gasteiger partial charge in [-0.3, -0.25) is 14.3 Å². The van der Waals surface area contributed by atoms with E-state index in [0.29, 0.717) is 12.2 Å². The van der Waals surface area contributed by atoms with Crippen molar-refractivity contribution >= 4 is 11.7 Å². The predicted molar refractivity (Wildman–Crippen MR) is 84.2 cm³/mol. The molecule has 2 aromatic rings. The maximum atomic E-state index is 11.9. The number of hydrogen-bond acceptors (Lipinski definition) is 6. The molecule has 8 nitrogen and oxygen atoms in total. The Morgan fingerprint density at radius 2 is 2.00 bits per heavy atom. The Bertz CT molecular complexity index is 792. The standard InChI is InChI=1S/C15H17N3O5/c1-2-23-14(21)12-9-18(15(22)17-13(12)20)11-5-3-10(4-6-11)16-7-8-19/h3-6,9,16,19H,2,7-8H2,1H3,(H,17,20,22). The van der Waals surface area contributed by atoms with Gasteiger partial charge in [0.05, 0.1) is 18.9 Å². The van der Waals surface area contributed by atoms with Crippen LogP contribution in [0.4, 0.5) is 5.69 Å². The maximum absolute atomic E-state index is 11.9. The molecule has 0 aliphatic rings. The number of aliphatic hydroxyl groups is 1. The van der Waals surface area contributed by atoms with Gasteiger partial charge in [-0.2, -0.15) is 0 Å². The zero-order chi connectivity index (χ0) is 16.8. The lowest BCUT2D eigenvalue weighted by Gasteiger charge is -2.09. The molecule has 0 saturated heterocycles. The van der Waals surface area contributed by atoms with Crippen LogP contribution in [0.3, 0.4) is 0 Å². The average Bonchev–Trinajstić information content (AvgIpc) is 2.54. The van der Waals surface area contributed by atoms with Crippen LogP contribution >= 0.6 is 0 Å². The van der Waals surface area contributed by atoms with Crippen LogP contribution < -0.4 is 16.6 Å². The van der Waals surface area contributed by atoms with Crippen molar-refractivity contribution in [3.05, 3.63) is 56.9 Å². The van der Waals surface area contributed by atoms with E-state index in [2.05, 4.69) is 10.3 Å². The molecule has 0 fully saturated rings. The lowest BCUT2D eigenvalue weighted by atomic mass is 10.2. The topological polar surface area (TPSA) is 113 Å². The summed E-state index contributed by atoms with van der Waals surface area (Å²) in [6.07, 6.45) is 1.16. The quantitative estimate of drug-likeness (QED) is 0.651. The third-order valence-corrected chi connectivity index (χ3v) is 3.02. The van der Waals surface area contributed by atoms with Crippen LogP contribution in [0.25, 0.3) is 5.69 Å². The lowest BCUT2D eigenvalue weighted by Crippen LogP contribution is -2.33. The maximum Gasteiger partial charge on any atom is 0.345 e. The molecule has 0 spiro atoms. The zero-order valence-corrected chi connectivity index (χ0v) is 12.5. The molecule has 0 bridgehead atoms. The van der Waals surface area contributed by atoms with Gasteiger partial charge in [-0.25, -0.2) is 9.59 Å². The summed E-state index contributed by atoms with van der Waals surface area (Å²) in [5, 5.41) is 11.7. The van der Waals surface area contributed by atoms with E-state index in [1.54, 1.807) is 31.2 Å². The monoisotopic (exact) mass is 319 g/mol. The summed E-state index contributed by atoms with van der Waals surface area (Å²) in [4.78, 5) is 37.5. The predicted octanol–water partition coefficient (Wildman–Crippen LogP) is 0.107. The number of esters is 1. The van der Waals surface area contributed by atoms with Gasteiger partial charge in [0.15, 0.2) is 0 Å². The minimum absolute atomic E-state index is 0.00400. The first-order valence-electron chi connectivity index (χ1n) is 7.05. The van der Waals surface area contributed by atoms with Crippen molar-refractivity contribution in [1.29, 1.82) is 0 Å². The number of carbonyl (C=O) groups is 1. The van der Waals surface area contributed by atoms with E-state index < -0.39 is 17.2 Å². The minimum atomic E-state index is -0.788. The van der Waals surface area contributed by atoms with Crippen LogP contribution in [0, 0.1) is 0 Å². The highest BCUT2D eigenvalue weighted by Crippen LogP contribution is 2.11. The molecule has 1 heterocycles. The number of hydrogen-bond donors (Lipinski definition) is 3. The van der Waals surface area contributed by atoms with Crippen LogP contribution in [0.1, 0.15) is 17.3 Å². The van der Waals surface area contributed by atoms with Crippen molar-refractivity contribution in [3.8, 4) is 5.69 Å². The van der Waals surface area contributed by atoms with Gasteiger partial charge in [0.1, 0.15) is 5.56 Å². The molecule has 2 rings (SSSR count). The zero-order valence-electron chi connectivity index (χ0n) is 12.5. The second-order valence-electron chi connectivity index (χ2n) is 4.59. The summed E-state index contributed by atoms with van der Waals surface area (Å²) in [6.45, 7) is 2.16. The van der Waals surface area contributed by atoms with E-state index in [4.69, 9.17) is 9.84 Å². The summed E-state index contributed by atoms with van der Waals surface area (Å²) in [7, 11) is 0. The van der Waals surface area contributed by atoms with Crippen molar-refractivity contribution in [2.45, 2.75) is 6.92 Å². The van der Waals surface area contributed by atoms with E-state index in [1.807, 2.05) is 0 Å². The van der Waals surface area contributed by atoms with Crippen molar-refractivity contribution < 1.29 is 14.6 Å². The molecule has 0 radical (unpaired) electrons. The molecule has 8 heteroatoms. The van der Waals surface area contributed by atoms with Crippen LogP contribution in [0.5, 0.6) is 0 Å². The third kappa shape index (κ3) is 3.86. The first-order valence-corrected chi connectivity index (χ1v) is 7.05. The van der Waals surface area contributed by atoms with Crippen LogP contribution in [-0.2, 0) is 4.74 Å². The van der Waals surface area contributed by atoms with Crippen molar-refractivity contribution in [3.63, 3.8) is 0 Å². The van der Waals surface area contributed by atoms with Gasteiger partial charge in [0, 0.05) is 18.4 Å². The van der Waals surface area contributed by atoms with Crippen LogP contribution in [-0.4, -0.2) is 40.4 Å². The number of benzene rings is 1. The molecule has 0 unspecified atom stereocenters. The Morgan fingerprint density at radius 3 is 2.61 bits per heavy atom. The molecule has 0 aliphatic heterocycles. The highest BCUT2D eigenvalue weighted by molar-refractivity contribution is 5.88. The molecular weight excluding hydrogens is 302 g/mol. The first-order chi connectivity index (χ1) is 11.1. The fourth-order valence-electron chi connectivity index (χ4n) is 1.96. The van der Waals surface area contributed by atoms with Gasteiger partial charge >= 0.3 is 11.7 Å². The van der Waals surface area contributed by atoms with Crippen molar-refractivity contribution in [2.24, 2.45) is 0 Å². The van der Waals surface area contributed by atoms with Crippen LogP contribution in [0.15, 0.2) is 40.1 Å². The van der Waals surface area contributed by atoms with E-state index >= 15 is 0 Å². The molecule has 0 aliphatic carbocycles. The van der Waals surface area contributed by atoms with Gasteiger partial charge in [-0.1, -0.05) is 0 Å². The molecule has 3 N–H and O–H groups in total. The summed E-state index contributed by atoms with van der Waals surface area (Å²) in [5.41, 5.74) is -0.434. The smallest absolute Gasteiger partial charge is 0.345 e. The van der Waals surface area contributed by atoms with Gasteiger partial charge in [-0.15, -0.1) is 0 Å². The number of carbonyl (C=O) groups excluding carboxylic acids is 1. The number of H-pyrrole nitrogens is 1. The molecule has 23 heavy (non-hydrogen) atoms. The number of anilines is 1. The molecular formula is C15H17N3O5. The SMILES string of the molecule is CCOC(=O)c1cn(-c2ccc(NCCO)cc2)c(=O)[nH]c1=O. The molecule has 0 saturated carbocycles. The highest BCUT2D eigenvalue weighted by atomic mass is 16.5. The summed E-state index contributed by atoms with van der Waals surface area (Å²) < 4.78 is 5.95. The largest absolute Gasteiger partial charge is 0.462 e. The molecule has 0 amide bonds. The Labute approximate surface area is 131 Å². The van der Waals surface area contributed by atoms with Crippen LogP contribution in [0.2, 0.25) is 0 Å². The van der Waals surface area contributed by atoms with Gasteiger partial charge in [0.2, 0.25) is 0 Å². The molecule has 0 atom stereocenters. The Kier molecular flexibility index (Phi) is 5.32. The molecule has 122 valence electrons. The number of aliphatic hydroxyl groups excluding tert-OH is 1. The normalized spacial score (nSPS) is 10.3. The van der Waals surface area contributed by atoms with Crippen molar-refractivity contribution in [2.75, 3.05) is 25.1 Å². The molecule has 1 aromatic carbocycles. The fraction of sp³-hybridized carbons (Fsp3) is 0.267. The number of rotatable bonds is 6. The minimum Gasteiger partial charge on any atom is -0.462 e. The first kappa shape index (κ1) is 16.5. The van der Waals surface area contributed by atoms with E-state index in [0.717, 1.165) is 16.5 Å². The second-order valence-corrected chi connectivity index (χ2v) is 4.59. The van der Waals surface area contributed by atoms with Crippen molar-refractivity contribution in [1.82, 2.24) is 9.55 Å². The number of nitrogens with zero attached hydrogens (tertiary/aromatic N) is 1. The lowest BCUT2D eigenvalue weighted by molar-refractivity contribution is 0.0523. The highest BCUT2D eigenvalue weighted by Gasteiger charge is 2.14. The number of nitrogens with one attached hydrogen (secondary N) is 2. The Balaban J connectivity index is 2.39. The molecule has 1 aromatic heterocycles. The van der Waals surface area contributed by atoms with Gasteiger partial charge in [-0.05, 0) is 31.2 Å². The number of ether oxygens (including phenoxy) is 1. The number of aromatic nitrogens is 2. The van der Waals surface area contributed by atoms with Gasteiger partial charge < -0.3 is 15.2 Å². The van der Waals surface area contributed by atoms with Gasteiger partial charge in [0.25, 0.3) is 5.56 Å². The Hall–Kier alpha value is -2.87. The fourth-order valence-corrected chi connectivity index (χ4v) is 1.96. The Morgan fingerprint density at radius 1 is 1.30 bits per heavy atom. The summed E-state index contributed by atoms with van der Waals surface area (Å²) in [5.74, 6) is -0.788. The third-order valence-electron chi connectivity index (χ3n) is 3.02.